The zero-order chi connectivity index (χ0) is 21.8. The van der Waals surface area contributed by atoms with Crippen molar-refractivity contribution < 1.29 is 19.1 Å². The summed E-state index contributed by atoms with van der Waals surface area (Å²) in [7, 11) is 0. The van der Waals surface area contributed by atoms with Crippen LogP contribution in [0.15, 0.2) is 42.6 Å². The lowest BCUT2D eigenvalue weighted by molar-refractivity contribution is -0.143. The van der Waals surface area contributed by atoms with Crippen molar-refractivity contribution in [2.24, 2.45) is 0 Å². The molecular formula is C23H23N3O4S. The van der Waals surface area contributed by atoms with Crippen LogP contribution in [0.3, 0.4) is 0 Å². The highest BCUT2D eigenvalue weighted by Gasteiger charge is 2.28. The standard InChI is InChI=1S/C23H23N3O4S/c1-3-4-11-29-21(28)13-26-18-12-16(8-9-19(18)30-14-20(26)27)22-15(2)31-23(25-22)17-7-5-6-10-24-17/h5-10,12H,3-4,11,13-14H2,1-2H3. The number of aromatic nitrogens is 2. The van der Waals surface area contributed by atoms with Crippen molar-refractivity contribution in [2.45, 2.75) is 26.7 Å². The second-order valence-electron chi connectivity index (χ2n) is 7.16. The van der Waals surface area contributed by atoms with E-state index >= 15 is 0 Å². The topological polar surface area (TPSA) is 81.6 Å². The number of anilines is 1. The van der Waals surface area contributed by atoms with Crippen molar-refractivity contribution in [3.05, 3.63) is 47.5 Å². The van der Waals surface area contributed by atoms with Crippen LogP contribution in [0.4, 0.5) is 5.69 Å². The van der Waals surface area contributed by atoms with Gasteiger partial charge in [-0.15, -0.1) is 11.3 Å². The van der Waals surface area contributed by atoms with E-state index in [0.29, 0.717) is 18.0 Å². The van der Waals surface area contributed by atoms with Crippen LogP contribution in [0, 0.1) is 6.92 Å². The molecule has 0 saturated heterocycles. The number of unbranched alkanes of at least 4 members (excludes halogenated alkanes) is 1. The smallest absolute Gasteiger partial charge is 0.326 e. The number of esters is 1. The Labute approximate surface area is 184 Å². The van der Waals surface area contributed by atoms with E-state index in [4.69, 9.17) is 14.5 Å². The van der Waals surface area contributed by atoms with Crippen molar-refractivity contribution in [3.63, 3.8) is 0 Å². The number of ether oxygens (including phenoxy) is 2. The molecule has 0 atom stereocenters. The maximum absolute atomic E-state index is 12.5. The Hall–Kier alpha value is -3.26. The van der Waals surface area contributed by atoms with Crippen molar-refractivity contribution in [3.8, 4) is 27.7 Å². The number of thiazole rings is 1. The fourth-order valence-corrected chi connectivity index (χ4v) is 4.20. The van der Waals surface area contributed by atoms with Crippen LogP contribution in [0.25, 0.3) is 22.0 Å². The molecule has 0 spiro atoms. The SMILES string of the molecule is CCCCOC(=O)CN1C(=O)COc2ccc(-c3nc(-c4ccccn4)sc3C)cc21. The van der Waals surface area contributed by atoms with Crippen LogP contribution in [-0.2, 0) is 14.3 Å². The highest BCUT2D eigenvalue weighted by molar-refractivity contribution is 7.15. The maximum atomic E-state index is 12.5. The normalized spacial score (nSPS) is 13.0. The van der Waals surface area contributed by atoms with Gasteiger partial charge < -0.3 is 9.47 Å². The molecule has 31 heavy (non-hydrogen) atoms. The number of amides is 1. The summed E-state index contributed by atoms with van der Waals surface area (Å²) in [6.45, 7) is 4.14. The molecule has 0 fully saturated rings. The van der Waals surface area contributed by atoms with Crippen molar-refractivity contribution in [1.82, 2.24) is 9.97 Å². The van der Waals surface area contributed by atoms with Gasteiger partial charge in [0, 0.05) is 16.6 Å². The zero-order valence-electron chi connectivity index (χ0n) is 17.5. The third kappa shape index (κ3) is 4.59. The summed E-state index contributed by atoms with van der Waals surface area (Å²) in [5, 5.41) is 0.828. The molecule has 0 saturated carbocycles. The van der Waals surface area contributed by atoms with Gasteiger partial charge in [0.1, 0.15) is 17.3 Å². The fraction of sp³-hybridized carbons (Fsp3) is 0.304. The summed E-state index contributed by atoms with van der Waals surface area (Å²) in [5.41, 5.74) is 3.03. The predicted molar refractivity (Wildman–Crippen MR) is 119 cm³/mol. The molecule has 1 aliphatic rings. The minimum absolute atomic E-state index is 0.103. The molecule has 1 aliphatic heterocycles. The molecular weight excluding hydrogens is 414 g/mol. The fourth-order valence-electron chi connectivity index (χ4n) is 3.29. The van der Waals surface area contributed by atoms with Gasteiger partial charge in [-0.3, -0.25) is 19.5 Å². The predicted octanol–water partition coefficient (Wildman–Crippen LogP) is 4.25. The van der Waals surface area contributed by atoms with Gasteiger partial charge in [0.25, 0.3) is 5.91 Å². The molecule has 1 aromatic carbocycles. The Morgan fingerprint density at radius 3 is 2.94 bits per heavy atom. The Morgan fingerprint density at radius 2 is 2.16 bits per heavy atom. The molecule has 0 unspecified atom stereocenters. The first kappa shape index (κ1) is 21.0. The van der Waals surface area contributed by atoms with Crippen LogP contribution in [0.2, 0.25) is 0 Å². The van der Waals surface area contributed by atoms with E-state index in [1.807, 2.05) is 50.2 Å². The molecule has 8 heteroatoms. The van der Waals surface area contributed by atoms with Crippen LogP contribution in [-0.4, -0.2) is 41.6 Å². The van der Waals surface area contributed by atoms with E-state index in [1.165, 1.54) is 4.90 Å². The second kappa shape index (κ2) is 9.26. The molecule has 1 amide bonds. The van der Waals surface area contributed by atoms with Gasteiger partial charge in [-0.2, -0.15) is 0 Å². The lowest BCUT2D eigenvalue weighted by Crippen LogP contribution is -2.42. The maximum Gasteiger partial charge on any atom is 0.326 e. The highest BCUT2D eigenvalue weighted by Crippen LogP contribution is 2.38. The Balaban J connectivity index is 1.63. The number of hydrogen-bond acceptors (Lipinski definition) is 7. The molecule has 160 valence electrons. The van der Waals surface area contributed by atoms with Crippen molar-refractivity contribution in [1.29, 1.82) is 0 Å². The number of pyridine rings is 1. The molecule has 2 aromatic heterocycles. The van der Waals surface area contributed by atoms with Gasteiger partial charge in [0.05, 0.1) is 23.7 Å². The third-order valence-corrected chi connectivity index (χ3v) is 5.90. The van der Waals surface area contributed by atoms with Crippen LogP contribution in [0.1, 0.15) is 24.6 Å². The Kier molecular flexibility index (Phi) is 6.27. The molecule has 0 aliphatic carbocycles. The third-order valence-electron chi connectivity index (χ3n) is 4.90. The van der Waals surface area contributed by atoms with Crippen molar-refractivity contribution >= 4 is 28.9 Å². The van der Waals surface area contributed by atoms with E-state index in [0.717, 1.165) is 39.7 Å². The largest absolute Gasteiger partial charge is 0.482 e. The highest BCUT2D eigenvalue weighted by atomic mass is 32.1. The Bertz CT molecular complexity index is 1100. The second-order valence-corrected chi connectivity index (χ2v) is 8.37. The average Bonchev–Trinajstić information content (AvgIpc) is 3.18. The van der Waals surface area contributed by atoms with Gasteiger partial charge in [-0.05, 0) is 43.7 Å². The summed E-state index contributed by atoms with van der Waals surface area (Å²) < 4.78 is 10.8. The molecule has 3 heterocycles. The van der Waals surface area contributed by atoms with Crippen LogP contribution < -0.4 is 9.64 Å². The Morgan fingerprint density at radius 1 is 1.29 bits per heavy atom. The first-order valence-electron chi connectivity index (χ1n) is 10.2. The lowest BCUT2D eigenvalue weighted by Gasteiger charge is -2.29. The summed E-state index contributed by atoms with van der Waals surface area (Å²) in [5.74, 6) is -0.147. The monoisotopic (exact) mass is 437 g/mol. The quantitative estimate of drug-likeness (QED) is 0.406. The molecule has 3 aromatic rings. The number of nitrogens with zero attached hydrogens (tertiary/aromatic N) is 3. The van der Waals surface area contributed by atoms with Gasteiger partial charge in [0.2, 0.25) is 0 Å². The molecule has 4 rings (SSSR count). The number of aryl methyl sites for hydroxylation is 1. The number of carbonyl (C=O) groups excluding carboxylic acids is 2. The minimum atomic E-state index is -0.428. The number of carbonyl (C=O) groups is 2. The molecule has 7 nitrogen and oxygen atoms in total. The van der Waals surface area contributed by atoms with Gasteiger partial charge in [0.15, 0.2) is 6.61 Å². The van der Waals surface area contributed by atoms with Crippen LogP contribution in [0.5, 0.6) is 5.75 Å². The average molecular weight is 438 g/mol. The summed E-state index contributed by atoms with van der Waals surface area (Å²) in [4.78, 5) is 36.3. The van der Waals surface area contributed by atoms with E-state index < -0.39 is 5.97 Å². The minimum Gasteiger partial charge on any atom is -0.482 e. The number of benzene rings is 1. The van der Waals surface area contributed by atoms with E-state index in [-0.39, 0.29) is 19.1 Å². The molecule has 0 bridgehead atoms. The van der Waals surface area contributed by atoms with E-state index in [1.54, 1.807) is 17.5 Å². The summed E-state index contributed by atoms with van der Waals surface area (Å²) in [6.07, 6.45) is 3.47. The number of hydrogen-bond donors (Lipinski definition) is 0. The summed E-state index contributed by atoms with van der Waals surface area (Å²) in [6, 6.07) is 11.3. The first-order chi connectivity index (χ1) is 15.1. The molecule has 0 radical (unpaired) electrons. The lowest BCUT2D eigenvalue weighted by atomic mass is 10.1. The molecule has 0 N–H and O–H groups in total. The van der Waals surface area contributed by atoms with Crippen LogP contribution >= 0.6 is 11.3 Å². The summed E-state index contributed by atoms with van der Waals surface area (Å²) >= 11 is 1.56. The zero-order valence-corrected chi connectivity index (χ0v) is 18.3. The first-order valence-corrected chi connectivity index (χ1v) is 11.0. The van der Waals surface area contributed by atoms with Gasteiger partial charge in [-0.25, -0.2) is 4.98 Å². The van der Waals surface area contributed by atoms with Gasteiger partial charge in [-0.1, -0.05) is 19.4 Å². The number of rotatable bonds is 7. The van der Waals surface area contributed by atoms with Gasteiger partial charge >= 0.3 is 5.97 Å². The van der Waals surface area contributed by atoms with E-state index in [2.05, 4.69) is 4.98 Å². The van der Waals surface area contributed by atoms with Crippen molar-refractivity contribution in [2.75, 3.05) is 24.7 Å². The van der Waals surface area contributed by atoms with E-state index in [9.17, 15) is 9.59 Å². The number of fused-ring (bicyclic) bond motifs is 1.